The minimum absolute atomic E-state index is 0.0964. The number of amides is 1. The molecule has 0 saturated carbocycles. The van der Waals surface area contributed by atoms with Crippen molar-refractivity contribution in [2.75, 3.05) is 26.2 Å². The molecule has 10 heteroatoms. The van der Waals surface area contributed by atoms with Gasteiger partial charge in [-0.2, -0.15) is 18.4 Å². The molecular weight excluding hydrogens is 331 g/mol. The van der Waals surface area contributed by atoms with Gasteiger partial charge >= 0.3 is 12.1 Å². The van der Waals surface area contributed by atoms with Crippen molar-refractivity contribution < 1.29 is 32.3 Å². The van der Waals surface area contributed by atoms with Crippen LogP contribution in [-0.2, 0) is 4.79 Å². The fourth-order valence-electron chi connectivity index (χ4n) is 2.68. The SMILES string of the molecule is N#Cc1coc(C(=O)N2CC3CNCC3C2)c1.O=C(O)C(F)(F)F. The molecule has 2 fully saturated rings. The molecule has 2 aliphatic rings. The van der Waals surface area contributed by atoms with Crippen molar-refractivity contribution in [2.24, 2.45) is 11.8 Å². The number of furan rings is 1. The van der Waals surface area contributed by atoms with E-state index < -0.39 is 12.1 Å². The second kappa shape index (κ2) is 6.92. The van der Waals surface area contributed by atoms with Crippen molar-refractivity contribution >= 4 is 11.9 Å². The van der Waals surface area contributed by atoms with Crippen LogP contribution in [0.4, 0.5) is 13.2 Å². The van der Waals surface area contributed by atoms with E-state index in [4.69, 9.17) is 19.6 Å². The number of nitriles is 1. The van der Waals surface area contributed by atoms with Crippen molar-refractivity contribution in [1.29, 1.82) is 5.26 Å². The topological polar surface area (TPSA) is 107 Å². The summed E-state index contributed by atoms with van der Waals surface area (Å²) in [5, 5.41) is 19.1. The Labute approximate surface area is 134 Å². The number of halogens is 3. The molecule has 2 atom stereocenters. The molecule has 3 rings (SSSR count). The number of hydrogen-bond donors (Lipinski definition) is 2. The zero-order chi connectivity index (χ0) is 17.9. The van der Waals surface area contributed by atoms with E-state index in [-0.39, 0.29) is 11.7 Å². The smallest absolute Gasteiger partial charge is 0.475 e. The Morgan fingerprint density at radius 1 is 1.33 bits per heavy atom. The highest BCUT2D eigenvalue weighted by atomic mass is 19.4. The van der Waals surface area contributed by atoms with Gasteiger partial charge < -0.3 is 19.7 Å². The first kappa shape index (κ1) is 17.8. The molecule has 0 aromatic carbocycles. The van der Waals surface area contributed by atoms with E-state index in [9.17, 15) is 18.0 Å². The number of carbonyl (C=O) groups excluding carboxylic acids is 1. The van der Waals surface area contributed by atoms with E-state index in [1.165, 1.54) is 12.3 Å². The summed E-state index contributed by atoms with van der Waals surface area (Å²) in [6.07, 6.45) is -3.76. The lowest BCUT2D eigenvalue weighted by Crippen LogP contribution is -2.31. The van der Waals surface area contributed by atoms with Gasteiger partial charge in [0.05, 0.1) is 5.56 Å². The zero-order valence-electron chi connectivity index (χ0n) is 12.3. The van der Waals surface area contributed by atoms with Gasteiger partial charge in [-0.25, -0.2) is 4.79 Å². The van der Waals surface area contributed by atoms with Crippen LogP contribution in [0.2, 0.25) is 0 Å². The van der Waals surface area contributed by atoms with Crippen LogP contribution < -0.4 is 5.32 Å². The van der Waals surface area contributed by atoms with Crippen LogP contribution in [0.25, 0.3) is 0 Å². The summed E-state index contributed by atoms with van der Waals surface area (Å²) in [6, 6.07) is 3.47. The highest BCUT2D eigenvalue weighted by Gasteiger charge is 2.39. The molecule has 0 radical (unpaired) electrons. The third kappa shape index (κ3) is 4.05. The molecule has 0 aliphatic carbocycles. The summed E-state index contributed by atoms with van der Waals surface area (Å²) in [6.45, 7) is 3.57. The third-order valence-corrected chi connectivity index (χ3v) is 3.86. The molecule has 24 heavy (non-hydrogen) atoms. The number of fused-ring (bicyclic) bond motifs is 1. The average molecular weight is 345 g/mol. The number of rotatable bonds is 1. The maximum atomic E-state index is 12.1. The normalized spacial score (nSPS) is 22.3. The number of carbonyl (C=O) groups is 2. The van der Waals surface area contributed by atoms with E-state index >= 15 is 0 Å². The monoisotopic (exact) mass is 345 g/mol. The van der Waals surface area contributed by atoms with Gasteiger partial charge in [0, 0.05) is 32.2 Å². The summed E-state index contributed by atoms with van der Waals surface area (Å²) in [4.78, 5) is 22.8. The van der Waals surface area contributed by atoms with Crippen molar-refractivity contribution in [1.82, 2.24) is 10.2 Å². The minimum atomic E-state index is -5.08. The first-order valence-corrected chi connectivity index (χ1v) is 7.01. The highest BCUT2D eigenvalue weighted by Crippen LogP contribution is 2.27. The van der Waals surface area contributed by atoms with Crippen LogP contribution >= 0.6 is 0 Å². The number of carboxylic acids is 1. The van der Waals surface area contributed by atoms with E-state index in [1.807, 2.05) is 11.0 Å². The van der Waals surface area contributed by atoms with Gasteiger partial charge in [0.15, 0.2) is 5.76 Å². The van der Waals surface area contributed by atoms with E-state index in [0.717, 1.165) is 26.2 Å². The average Bonchev–Trinajstić information content (AvgIpc) is 3.21. The van der Waals surface area contributed by atoms with Gasteiger partial charge in [-0.3, -0.25) is 4.79 Å². The first-order valence-electron chi connectivity index (χ1n) is 7.01. The molecule has 2 saturated heterocycles. The largest absolute Gasteiger partial charge is 0.490 e. The summed E-state index contributed by atoms with van der Waals surface area (Å²) >= 11 is 0. The molecule has 2 aliphatic heterocycles. The Morgan fingerprint density at radius 3 is 2.29 bits per heavy atom. The predicted octanol–water partition coefficient (Wildman–Crippen LogP) is 1.08. The third-order valence-electron chi connectivity index (χ3n) is 3.86. The van der Waals surface area contributed by atoms with Crippen molar-refractivity contribution in [3.63, 3.8) is 0 Å². The standard InChI is InChI=1S/C12H13N3O2.C2HF3O2/c13-2-8-1-11(17-7-8)12(16)15-5-9-3-14-4-10(9)6-15;3-2(4,5)1(6)7/h1,7,9-10,14H,3-6H2;(H,6,7). The first-order chi connectivity index (χ1) is 11.2. The van der Waals surface area contributed by atoms with Gasteiger partial charge in [0.25, 0.3) is 5.91 Å². The second-order valence-electron chi connectivity index (χ2n) is 5.50. The Bertz CT molecular complexity index is 653. The van der Waals surface area contributed by atoms with Crippen molar-refractivity contribution in [3.05, 3.63) is 23.7 Å². The fourth-order valence-corrected chi connectivity index (χ4v) is 2.68. The molecule has 0 spiro atoms. The molecule has 1 aromatic heterocycles. The Balaban J connectivity index is 0.000000256. The molecule has 0 bridgehead atoms. The zero-order valence-corrected chi connectivity index (χ0v) is 12.3. The Kier molecular flexibility index (Phi) is 5.14. The quantitative estimate of drug-likeness (QED) is 0.789. The summed E-state index contributed by atoms with van der Waals surface area (Å²) in [5.74, 6) is -1.43. The number of aliphatic carboxylic acids is 1. The number of likely N-dealkylation sites (tertiary alicyclic amines) is 1. The number of nitrogens with one attached hydrogen (secondary N) is 1. The predicted molar refractivity (Wildman–Crippen MR) is 72.9 cm³/mol. The molecule has 3 heterocycles. The maximum Gasteiger partial charge on any atom is 0.490 e. The maximum absolute atomic E-state index is 12.1. The van der Waals surface area contributed by atoms with Gasteiger partial charge in [-0.05, 0) is 11.8 Å². The van der Waals surface area contributed by atoms with Gasteiger partial charge in [-0.15, -0.1) is 0 Å². The number of carboxylic acid groups (broad SMARTS) is 1. The molecule has 1 amide bonds. The van der Waals surface area contributed by atoms with Crippen molar-refractivity contribution in [3.8, 4) is 6.07 Å². The molecule has 2 unspecified atom stereocenters. The minimum Gasteiger partial charge on any atom is -0.475 e. The summed E-state index contributed by atoms with van der Waals surface area (Å²) in [7, 11) is 0. The van der Waals surface area contributed by atoms with Gasteiger partial charge in [0.1, 0.15) is 12.3 Å². The van der Waals surface area contributed by atoms with Crippen LogP contribution in [0.5, 0.6) is 0 Å². The molecule has 7 nitrogen and oxygen atoms in total. The lowest BCUT2D eigenvalue weighted by atomic mass is 10.0. The van der Waals surface area contributed by atoms with E-state index in [1.54, 1.807) is 0 Å². The van der Waals surface area contributed by atoms with Crippen LogP contribution in [-0.4, -0.2) is 54.2 Å². The fraction of sp³-hybridized carbons (Fsp3) is 0.500. The second-order valence-corrected chi connectivity index (χ2v) is 5.50. The Morgan fingerprint density at radius 2 is 1.88 bits per heavy atom. The van der Waals surface area contributed by atoms with Crippen molar-refractivity contribution in [2.45, 2.75) is 6.18 Å². The highest BCUT2D eigenvalue weighted by molar-refractivity contribution is 5.92. The van der Waals surface area contributed by atoms with E-state index in [0.29, 0.717) is 17.4 Å². The van der Waals surface area contributed by atoms with Gasteiger partial charge in [0.2, 0.25) is 0 Å². The summed E-state index contributed by atoms with van der Waals surface area (Å²) in [5.41, 5.74) is 0.398. The number of hydrogen-bond acceptors (Lipinski definition) is 5. The molecular formula is C14H14F3N3O4. The van der Waals surface area contributed by atoms with Crippen LogP contribution in [0.15, 0.2) is 16.7 Å². The van der Waals surface area contributed by atoms with Crippen LogP contribution in [0.1, 0.15) is 16.1 Å². The number of alkyl halides is 3. The molecule has 1 aromatic rings. The summed E-state index contributed by atoms with van der Waals surface area (Å²) < 4.78 is 36.9. The number of nitrogens with zero attached hydrogens (tertiary/aromatic N) is 2. The van der Waals surface area contributed by atoms with E-state index in [2.05, 4.69) is 5.32 Å². The van der Waals surface area contributed by atoms with Crippen LogP contribution in [0.3, 0.4) is 0 Å². The lowest BCUT2D eigenvalue weighted by Gasteiger charge is -2.15. The molecule has 2 N–H and O–H groups in total. The lowest BCUT2D eigenvalue weighted by molar-refractivity contribution is -0.192. The van der Waals surface area contributed by atoms with Crippen LogP contribution in [0, 0.1) is 23.2 Å². The Hall–Kier alpha value is -2.54. The van der Waals surface area contributed by atoms with Gasteiger partial charge in [-0.1, -0.05) is 0 Å². The molecule has 130 valence electrons.